The maximum atomic E-state index is 10.3. The Kier molecular flexibility index (Phi) is 5.20. The van der Waals surface area contributed by atoms with E-state index in [2.05, 4.69) is 67.5 Å². The lowest BCUT2D eigenvalue weighted by molar-refractivity contribution is 0.442. The second kappa shape index (κ2) is 6.64. The lowest BCUT2D eigenvalue weighted by Crippen LogP contribution is -2.25. The zero-order valence-electron chi connectivity index (χ0n) is 17.6. The summed E-state index contributed by atoms with van der Waals surface area (Å²) in [6.07, 6.45) is 0.926. The minimum atomic E-state index is -0.193. The van der Waals surface area contributed by atoms with Gasteiger partial charge in [-0.15, -0.1) is 0 Å². The van der Waals surface area contributed by atoms with Crippen molar-refractivity contribution in [2.75, 3.05) is 0 Å². The average molecular weight is 355 g/mol. The van der Waals surface area contributed by atoms with Crippen molar-refractivity contribution in [1.82, 2.24) is 0 Å². The van der Waals surface area contributed by atoms with Crippen LogP contribution >= 0.6 is 0 Å². The third-order valence-electron chi connectivity index (χ3n) is 5.59. The number of rotatable bonds is 3. The van der Waals surface area contributed by atoms with E-state index in [1.165, 1.54) is 11.1 Å². The van der Waals surface area contributed by atoms with Crippen molar-refractivity contribution in [2.45, 2.75) is 78.1 Å². The molecule has 0 aliphatic carbocycles. The van der Waals surface area contributed by atoms with E-state index >= 15 is 0 Å². The van der Waals surface area contributed by atoms with Crippen molar-refractivity contribution in [3.05, 3.63) is 58.7 Å². The molecule has 0 heterocycles. The van der Waals surface area contributed by atoms with Crippen LogP contribution in [-0.4, -0.2) is 10.2 Å². The zero-order valence-corrected chi connectivity index (χ0v) is 17.6. The molecule has 0 unspecified atom stereocenters. The Hall–Kier alpha value is -1.96. The van der Waals surface area contributed by atoms with Crippen molar-refractivity contribution >= 4 is 0 Å². The molecule has 2 nitrogen and oxygen atoms in total. The van der Waals surface area contributed by atoms with Gasteiger partial charge < -0.3 is 10.2 Å². The van der Waals surface area contributed by atoms with Gasteiger partial charge in [-0.25, -0.2) is 0 Å². The SMILES string of the molecule is CCC(C)(c1ccc(O)c(C(C)(C)C)c1)c1ccc(O)c(C(C)(C)C)c1. The highest BCUT2D eigenvalue weighted by Gasteiger charge is 2.31. The van der Waals surface area contributed by atoms with Crippen LogP contribution in [0.3, 0.4) is 0 Å². The number of phenols is 2. The van der Waals surface area contributed by atoms with E-state index in [-0.39, 0.29) is 16.2 Å². The predicted octanol–water partition coefficient (Wildman–Crippen LogP) is 6.41. The molecule has 0 radical (unpaired) electrons. The lowest BCUT2D eigenvalue weighted by Gasteiger charge is -2.33. The first-order valence-electron chi connectivity index (χ1n) is 9.48. The summed E-state index contributed by atoms with van der Waals surface area (Å²) in [7, 11) is 0. The minimum Gasteiger partial charge on any atom is -0.508 e. The number of hydrogen-bond donors (Lipinski definition) is 2. The van der Waals surface area contributed by atoms with Gasteiger partial charge in [0.1, 0.15) is 11.5 Å². The Labute approximate surface area is 158 Å². The van der Waals surface area contributed by atoms with Gasteiger partial charge in [0.05, 0.1) is 0 Å². The van der Waals surface area contributed by atoms with Gasteiger partial charge in [0.15, 0.2) is 0 Å². The summed E-state index contributed by atoms with van der Waals surface area (Å²) in [6, 6.07) is 12.0. The number of hydrogen-bond acceptors (Lipinski definition) is 2. The molecule has 0 bridgehead atoms. The van der Waals surface area contributed by atoms with Gasteiger partial charge in [0.2, 0.25) is 0 Å². The van der Waals surface area contributed by atoms with Crippen LogP contribution in [0.4, 0.5) is 0 Å². The predicted molar refractivity (Wildman–Crippen MR) is 110 cm³/mol. The maximum Gasteiger partial charge on any atom is 0.119 e. The fourth-order valence-corrected chi connectivity index (χ4v) is 3.53. The number of benzene rings is 2. The molecule has 0 aliphatic rings. The Morgan fingerprint density at radius 2 is 1.00 bits per heavy atom. The van der Waals surface area contributed by atoms with Crippen LogP contribution in [0, 0.1) is 0 Å². The van der Waals surface area contributed by atoms with E-state index in [1.807, 2.05) is 24.3 Å². The average Bonchev–Trinajstić information content (AvgIpc) is 2.52. The van der Waals surface area contributed by atoms with E-state index in [1.54, 1.807) is 0 Å². The molecule has 0 saturated heterocycles. The first-order chi connectivity index (χ1) is 11.8. The van der Waals surface area contributed by atoms with Gasteiger partial charge in [-0.05, 0) is 51.6 Å². The quantitative estimate of drug-likeness (QED) is 0.668. The second-order valence-corrected chi connectivity index (χ2v) is 9.65. The highest BCUT2D eigenvalue weighted by molar-refractivity contribution is 5.50. The highest BCUT2D eigenvalue weighted by atomic mass is 16.3. The molecule has 2 N–H and O–H groups in total. The van der Waals surface area contributed by atoms with Gasteiger partial charge in [-0.1, -0.05) is 79.7 Å². The molecule has 0 fully saturated rings. The Bertz CT molecular complexity index is 725. The Balaban J connectivity index is 2.67. The third-order valence-corrected chi connectivity index (χ3v) is 5.59. The molecule has 26 heavy (non-hydrogen) atoms. The fourth-order valence-electron chi connectivity index (χ4n) is 3.53. The van der Waals surface area contributed by atoms with Crippen molar-refractivity contribution in [2.24, 2.45) is 0 Å². The molecule has 2 rings (SSSR count). The van der Waals surface area contributed by atoms with Crippen molar-refractivity contribution < 1.29 is 10.2 Å². The van der Waals surface area contributed by atoms with E-state index in [0.717, 1.165) is 17.5 Å². The molecular weight excluding hydrogens is 320 g/mol. The van der Waals surface area contributed by atoms with E-state index in [4.69, 9.17) is 0 Å². The lowest BCUT2D eigenvalue weighted by atomic mass is 9.71. The third kappa shape index (κ3) is 3.75. The minimum absolute atomic E-state index is 0.125. The molecule has 2 heteroatoms. The van der Waals surface area contributed by atoms with Gasteiger partial charge in [-0.3, -0.25) is 0 Å². The van der Waals surface area contributed by atoms with E-state index in [0.29, 0.717) is 11.5 Å². The van der Waals surface area contributed by atoms with Crippen LogP contribution in [0.1, 0.15) is 84.1 Å². The first-order valence-corrected chi connectivity index (χ1v) is 9.48. The van der Waals surface area contributed by atoms with Crippen LogP contribution in [0.25, 0.3) is 0 Å². The molecule has 0 spiro atoms. The topological polar surface area (TPSA) is 40.5 Å². The van der Waals surface area contributed by atoms with Crippen molar-refractivity contribution in [1.29, 1.82) is 0 Å². The van der Waals surface area contributed by atoms with E-state index < -0.39 is 0 Å². The molecular formula is C24H34O2. The largest absolute Gasteiger partial charge is 0.508 e. The first kappa shape index (κ1) is 20.4. The molecule has 0 atom stereocenters. The summed E-state index contributed by atoms with van der Waals surface area (Å²) in [6.45, 7) is 17.1. The summed E-state index contributed by atoms with van der Waals surface area (Å²) in [5.41, 5.74) is 3.86. The van der Waals surface area contributed by atoms with Crippen LogP contribution in [-0.2, 0) is 16.2 Å². The van der Waals surface area contributed by atoms with Crippen LogP contribution in [0.5, 0.6) is 11.5 Å². The molecule has 2 aromatic carbocycles. The van der Waals surface area contributed by atoms with Crippen molar-refractivity contribution in [3.63, 3.8) is 0 Å². The van der Waals surface area contributed by atoms with Gasteiger partial charge in [0, 0.05) is 5.41 Å². The molecule has 0 aliphatic heterocycles. The summed E-state index contributed by atoms with van der Waals surface area (Å²) in [5, 5.41) is 20.7. The molecule has 2 aromatic rings. The van der Waals surface area contributed by atoms with Gasteiger partial charge in [-0.2, -0.15) is 0 Å². The standard InChI is InChI=1S/C24H34O2/c1-9-24(8,16-10-12-20(25)18(14-16)22(2,3)4)17-11-13-21(26)19(15-17)23(5,6)7/h10-15,25-26H,9H2,1-8H3. The van der Waals surface area contributed by atoms with Crippen LogP contribution < -0.4 is 0 Å². The molecule has 0 aromatic heterocycles. The van der Waals surface area contributed by atoms with Crippen molar-refractivity contribution in [3.8, 4) is 11.5 Å². The number of phenolic OH excluding ortho intramolecular Hbond substituents is 2. The summed E-state index contributed by atoms with van der Waals surface area (Å²) < 4.78 is 0. The molecule has 142 valence electrons. The smallest absolute Gasteiger partial charge is 0.119 e. The Morgan fingerprint density at radius 1 is 0.654 bits per heavy atom. The normalized spacial score (nSPS) is 13.1. The van der Waals surface area contributed by atoms with E-state index in [9.17, 15) is 10.2 Å². The summed E-state index contributed by atoms with van der Waals surface area (Å²) in [5.74, 6) is 0.696. The molecule has 0 amide bonds. The summed E-state index contributed by atoms with van der Waals surface area (Å²) in [4.78, 5) is 0. The Morgan fingerprint density at radius 3 is 1.27 bits per heavy atom. The monoisotopic (exact) mass is 354 g/mol. The fraction of sp³-hybridized carbons (Fsp3) is 0.500. The van der Waals surface area contributed by atoms with Gasteiger partial charge >= 0.3 is 0 Å². The zero-order chi connectivity index (χ0) is 19.9. The highest BCUT2D eigenvalue weighted by Crippen LogP contribution is 2.42. The number of aromatic hydroxyl groups is 2. The molecule has 0 saturated carbocycles. The maximum absolute atomic E-state index is 10.3. The van der Waals surface area contributed by atoms with Gasteiger partial charge in [0.25, 0.3) is 0 Å². The van der Waals surface area contributed by atoms with Crippen LogP contribution in [0.15, 0.2) is 36.4 Å². The summed E-state index contributed by atoms with van der Waals surface area (Å²) >= 11 is 0. The van der Waals surface area contributed by atoms with Crippen LogP contribution in [0.2, 0.25) is 0 Å². The second-order valence-electron chi connectivity index (χ2n) is 9.65.